The molecule has 0 fully saturated rings. The lowest BCUT2D eigenvalue weighted by Gasteiger charge is -2.16. The zero-order chi connectivity index (χ0) is 24.3. The van der Waals surface area contributed by atoms with Crippen LogP contribution in [0.3, 0.4) is 0 Å². The van der Waals surface area contributed by atoms with Crippen LogP contribution in [-0.4, -0.2) is 44.3 Å². The molecule has 3 rings (SSSR count). The highest BCUT2D eigenvalue weighted by Gasteiger charge is 2.18. The summed E-state index contributed by atoms with van der Waals surface area (Å²) in [4.78, 5) is 28.3. The van der Waals surface area contributed by atoms with Crippen LogP contribution in [0.1, 0.15) is 37.4 Å². The quantitative estimate of drug-likeness (QED) is 0.286. The van der Waals surface area contributed by atoms with Crippen LogP contribution in [0.2, 0.25) is 0 Å². The van der Waals surface area contributed by atoms with E-state index in [9.17, 15) is 14.7 Å². The van der Waals surface area contributed by atoms with Crippen molar-refractivity contribution < 1.29 is 14.7 Å². The highest BCUT2D eigenvalue weighted by atomic mass is 16.3. The molecule has 9 heteroatoms. The molecule has 0 spiro atoms. The Hall–Kier alpha value is -3.72. The molecule has 1 atom stereocenters. The van der Waals surface area contributed by atoms with Crippen molar-refractivity contribution in [3.05, 3.63) is 66.1 Å². The number of aromatic hydroxyl groups is 1. The second kappa shape index (κ2) is 12.5. The maximum atomic E-state index is 12.4. The Morgan fingerprint density at radius 1 is 1.21 bits per heavy atom. The van der Waals surface area contributed by atoms with Gasteiger partial charge in [-0.25, -0.2) is 0 Å². The minimum atomic E-state index is -0.811. The molecule has 0 bridgehead atoms. The van der Waals surface area contributed by atoms with Crippen LogP contribution in [0.15, 0.2) is 54.9 Å². The Kier molecular flexibility index (Phi) is 9.16. The van der Waals surface area contributed by atoms with Gasteiger partial charge in [0.25, 0.3) is 0 Å². The number of aromatic nitrogens is 3. The molecule has 1 unspecified atom stereocenters. The summed E-state index contributed by atoms with van der Waals surface area (Å²) in [6.07, 6.45) is 6.10. The number of hydrogen-bond acceptors (Lipinski definition) is 6. The number of phenolic OH excluding ortho intramolecular Hbond substituents is 1. The van der Waals surface area contributed by atoms with Gasteiger partial charge < -0.3 is 21.5 Å². The molecule has 9 nitrogen and oxygen atoms in total. The minimum Gasteiger partial charge on any atom is -0.508 e. The first-order chi connectivity index (χ1) is 16.5. The van der Waals surface area contributed by atoms with Crippen LogP contribution < -0.4 is 16.4 Å². The summed E-state index contributed by atoms with van der Waals surface area (Å²) in [5.41, 5.74) is 9.14. The van der Waals surface area contributed by atoms with Gasteiger partial charge in [-0.3, -0.25) is 19.3 Å². The van der Waals surface area contributed by atoms with Crippen LogP contribution in [0.5, 0.6) is 5.75 Å². The molecule has 5 N–H and O–H groups in total. The average molecular weight is 465 g/mol. The summed E-state index contributed by atoms with van der Waals surface area (Å²) < 4.78 is 2.00. The van der Waals surface area contributed by atoms with E-state index >= 15 is 0 Å². The molecule has 180 valence electrons. The number of rotatable bonds is 13. The topological polar surface area (TPSA) is 135 Å². The second-order valence-corrected chi connectivity index (χ2v) is 8.16. The van der Waals surface area contributed by atoms with E-state index in [0.717, 1.165) is 41.9 Å². The van der Waals surface area contributed by atoms with Crippen LogP contribution in [-0.2, 0) is 29.1 Å². The van der Waals surface area contributed by atoms with Gasteiger partial charge in [0.1, 0.15) is 11.8 Å². The third kappa shape index (κ3) is 7.41. The molecule has 34 heavy (non-hydrogen) atoms. The van der Waals surface area contributed by atoms with Crippen molar-refractivity contribution in [1.82, 2.24) is 25.4 Å². The lowest BCUT2D eigenvalue weighted by molar-refractivity contribution is -0.127. The Bertz CT molecular complexity index is 1070. The first-order valence-corrected chi connectivity index (χ1v) is 11.5. The number of carbonyl (C=O) groups is 2. The van der Waals surface area contributed by atoms with E-state index in [1.807, 2.05) is 22.9 Å². The third-order valence-electron chi connectivity index (χ3n) is 5.43. The first-order valence-electron chi connectivity index (χ1n) is 11.5. The number of primary amides is 1. The van der Waals surface area contributed by atoms with Gasteiger partial charge in [-0.05, 0) is 42.3 Å². The maximum Gasteiger partial charge on any atom is 0.240 e. The summed E-state index contributed by atoms with van der Waals surface area (Å²) in [5.74, 6) is -0.721. The second-order valence-electron chi connectivity index (χ2n) is 8.16. The number of pyridine rings is 1. The Balaban J connectivity index is 1.51. The third-order valence-corrected chi connectivity index (χ3v) is 5.43. The molecule has 1 aromatic carbocycles. The highest BCUT2D eigenvalue weighted by molar-refractivity contribution is 5.86. The van der Waals surface area contributed by atoms with Gasteiger partial charge in [0.2, 0.25) is 11.8 Å². The molecule has 0 aliphatic rings. The van der Waals surface area contributed by atoms with Crippen molar-refractivity contribution >= 4 is 11.8 Å². The van der Waals surface area contributed by atoms with Crippen molar-refractivity contribution in [2.75, 3.05) is 6.54 Å². The van der Waals surface area contributed by atoms with Gasteiger partial charge in [0, 0.05) is 50.4 Å². The van der Waals surface area contributed by atoms with E-state index < -0.39 is 11.9 Å². The van der Waals surface area contributed by atoms with Crippen LogP contribution >= 0.6 is 0 Å². The molecule has 0 saturated carbocycles. The molecule has 0 saturated heterocycles. The van der Waals surface area contributed by atoms with E-state index in [2.05, 4.69) is 22.5 Å². The fourth-order valence-corrected chi connectivity index (χ4v) is 3.53. The van der Waals surface area contributed by atoms with Crippen molar-refractivity contribution in [2.24, 2.45) is 5.73 Å². The number of unbranched alkanes of at least 4 members (excludes halogenated alkanes) is 1. The summed E-state index contributed by atoms with van der Waals surface area (Å²) in [5, 5.41) is 20.1. The monoisotopic (exact) mass is 464 g/mol. The van der Waals surface area contributed by atoms with Crippen LogP contribution in [0.25, 0.3) is 11.3 Å². The highest BCUT2D eigenvalue weighted by Crippen LogP contribution is 2.18. The zero-order valence-electron chi connectivity index (χ0n) is 19.4. The molecule has 2 aromatic heterocycles. The molecular weight excluding hydrogens is 432 g/mol. The smallest absolute Gasteiger partial charge is 0.240 e. The number of amides is 2. The summed E-state index contributed by atoms with van der Waals surface area (Å²) in [6.45, 7) is 3.98. The fraction of sp³-hybridized carbons (Fsp3) is 0.360. The van der Waals surface area contributed by atoms with Crippen molar-refractivity contribution in [2.45, 2.75) is 51.7 Å². The van der Waals surface area contributed by atoms with Gasteiger partial charge in [0.15, 0.2) is 0 Å². The largest absolute Gasteiger partial charge is 0.508 e. The Morgan fingerprint density at radius 2 is 2.00 bits per heavy atom. The molecule has 0 aliphatic carbocycles. The fourth-order valence-electron chi connectivity index (χ4n) is 3.53. The van der Waals surface area contributed by atoms with Crippen molar-refractivity contribution in [3.63, 3.8) is 0 Å². The van der Waals surface area contributed by atoms with Crippen molar-refractivity contribution in [3.8, 4) is 17.0 Å². The number of phenols is 1. The predicted octanol–water partition coefficient (Wildman–Crippen LogP) is 2.14. The molecule has 2 amide bonds. The zero-order valence-corrected chi connectivity index (χ0v) is 19.4. The lowest BCUT2D eigenvalue weighted by atomic mass is 10.1. The average Bonchev–Trinajstić information content (AvgIpc) is 3.25. The number of aryl methyl sites for hydroxylation is 1. The molecular formula is C25H32N6O3. The Labute approximate surface area is 199 Å². The number of nitrogens with two attached hydrogens (primary N) is 1. The van der Waals surface area contributed by atoms with E-state index in [1.54, 1.807) is 24.5 Å². The molecule has 3 aromatic rings. The summed E-state index contributed by atoms with van der Waals surface area (Å²) in [6, 6.07) is 11.6. The SMILES string of the molecule is CCCCn1nc(-c2cccnc2)cc1CNCCC(=O)NC(Cc1ccc(O)cc1)C(N)=O. The van der Waals surface area contributed by atoms with Crippen molar-refractivity contribution in [1.29, 1.82) is 0 Å². The minimum absolute atomic E-state index is 0.137. The number of nitrogens with zero attached hydrogens (tertiary/aromatic N) is 3. The first kappa shape index (κ1) is 24.9. The number of hydrogen-bond donors (Lipinski definition) is 4. The predicted molar refractivity (Wildman–Crippen MR) is 130 cm³/mol. The maximum absolute atomic E-state index is 12.4. The van der Waals surface area contributed by atoms with Crippen LogP contribution in [0, 0.1) is 0 Å². The standard InChI is InChI=1S/C25H32N6O3/c1-2-3-13-31-20(15-22(30-31)19-5-4-11-27-16-19)17-28-12-10-24(33)29-23(25(26)34)14-18-6-8-21(32)9-7-18/h4-9,11,15-16,23,28,32H,2-3,10,12-14,17H2,1H3,(H2,26,34)(H,29,33). The van der Waals surface area contributed by atoms with Gasteiger partial charge in [-0.1, -0.05) is 25.5 Å². The summed E-state index contributed by atoms with van der Waals surface area (Å²) in [7, 11) is 0. The normalized spacial score (nSPS) is 11.8. The number of carbonyl (C=O) groups excluding carboxylic acids is 2. The van der Waals surface area contributed by atoms with Gasteiger partial charge in [-0.2, -0.15) is 5.10 Å². The van der Waals surface area contributed by atoms with Gasteiger partial charge in [-0.15, -0.1) is 0 Å². The number of benzene rings is 1. The van der Waals surface area contributed by atoms with Gasteiger partial charge >= 0.3 is 0 Å². The lowest BCUT2D eigenvalue weighted by Crippen LogP contribution is -2.46. The molecule has 2 heterocycles. The number of nitrogens with one attached hydrogen (secondary N) is 2. The van der Waals surface area contributed by atoms with Gasteiger partial charge in [0.05, 0.1) is 11.4 Å². The van der Waals surface area contributed by atoms with E-state index in [-0.39, 0.29) is 24.5 Å². The van der Waals surface area contributed by atoms with Crippen LogP contribution in [0.4, 0.5) is 0 Å². The summed E-state index contributed by atoms with van der Waals surface area (Å²) >= 11 is 0. The molecule has 0 aliphatic heterocycles. The van der Waals surface area contributed by atoms with E-state index in [4.69, 9.17) is 10.8 Å². The van der Waals surface area contributed by atoms with E-state index in [1.165, 1.54) is 12.1 Å². The Morgan fingerprint density at radius 3 is 2.68 bits per heavy atom. The van der Waals surface area contributed by atoms with E-state index in [0.29, 0.717) is 13.1 Å². The molecule has 0 radical (unpaired) electrons.